The minimum absolute atomic E-state index is 0.144. The fourth-order valence-corrected chi connectivity index (χ4v) is 2.50. The van der Waals surface area contributed by atoms with Crippen LogP contribution < -0.4 is 5.32 Å². The molecule has 2 amide bonds. The van der Waals surface area contributed by atoms with Crippen molar-refractivity contribution < 1.29 is 14.0 Å². The SMILES string of the molecule is Cc1ccc(C(=O)N(C)Cc2ccccn2)cc1NC(=O)c1ccoc1. The molecular weight excluding hydrogens is 330 g/mol. The zero-order valence-corrected chi connectivity index (χ0v) is 14.6. The number of amides is 2. The van der Waals surface area contributed by atoms with E-state index in [0.717, 1.165) is 11.3 Å². The van der Waals surface area contributed by atoms with Crippen LogP contribution in [0.25, 0.3) is 0 Å². The monoisotopic (exact) mass is 349 g/mol. The highest BCUT2D eigenvalue weighted by Gasteiger charge is 2.15. The van der Waals surface area contributed by atoms with Gasteiger partial charge in [-0.15, -0.1) is 0 Å². The molecule has 2 aromatic heterocycles. The van der Waals surface area contributed by atoms with Crippen molar-refractivity contribution in [3.8, 4) is 0 Å². The van der Waals surface area contributed by atoms with Crippen LogP contribution in [0.2, 0.25) is 0 Å². The predicted molar refractivity (Wildman–Crippen MR) is 97.9 cm³/mol. The van der Waals surface area contributed by atoms with E-state index in [-0.39, 0.29) is 11.8 Å². The van der Waals surface area contributed by atoms with Crippen LogP contribution in [0.15, 0.2) is 65.6 Å². The Morgan fingerprint density at radius 2 is 2.00 bits per heavy atom. The van der Waals surface area contributed by atoms with Crippen LogP contribution >= 0.6 is 0 Å². The molecule has 0 spiro atoms. The van der Waals surface area contributed by atoms with E-state index in [1.807, 2.05) is 31.2 Å². The third kappa shape index (κ3) is 3.97. The second kappa shape index (κ2) is 7.65. The smallest absolute Gasteiger partial charge is 0.258 e. The molecule has 0 radical (unpaired) electrons. The van der Waals surface area contributed by atoms with Gasteiger partial charge in [-0.2, -0.15) is 0 Å². The van der Waals surface area contributed by atoms with Crippen molar-refractivity contribution >= 4 is 17.5 Å². The first-order valence-corrected chi connectivity index (χ1v) is 8.14. The molecule has 0 atom stereocenters. The lowest BCUT2D eigenvalue weighted by molar-refractivity contribution is 0.0783. The lowest BCUT2D eigenvalue weighted by Gasteiger charge is -2.18. The second-order valence-electron chi connectivity index (χ2n) is 5.98. The van der Waals surface area contributed by atoms with E-state index in [1.165, 1.54) is 12.5 Å². The van der Waals surface area contributed by atoms with Crippen molar-refractivity contribution in [2.45, 2.75) is 13.5 Å². The molecule has 26 heavy (non-hydrogen) atoms. The number of hydrogen-bond donors (Lipinski definition) is 1. The van der Waals surface area contributed by atoms with Gasteiger partial charge in [0.25, 0.3) is 11.8 Å². The molecule has 1 N–H and O–H groups in total. The van der Waals surface area contributed by atoms with Gasteiger partial charge in [0.15, 0.2) is 0 Å². The molecule has 0 saturated carbocycles. The maximum atomic E-state index is 12.7. The fraction of sp³-hybridized carbons (Fsp3) is 0.150. The van der Waals surface area contributed by atoms with E-state index in [4.69, 9.17) is 4.42 Å². The first-order chi connectivity index (χ1) is 12.5. The number of aryl methyl sites for hydroxylation is 1. The molecule has 1 aromatic carbocycles. The topological polar surface area (TPSA) is 75.4 Å². The van der Waals surface area contributed by atoms with Crippen LogP contribution in [-0.2, 0) is 6.54 Å². The number of carbonyl (C=O) groups excluding carboxylic acids is 2. The molecule has 0 aliphatic rings. The molecule has 6 nitrogen and oxygen atoms in total. The van der Waals surface area contributed by atoms with Crippen LogP contribution in [0.1, 0.15) is 32.0 Å². The standard InChI is InChI=1S/C20H19N3O3/c1-14-6-7-15(11-18(14)22-19(24)16-8-10-26-13-16)20(25)23(2)12-17-5-3-4-9-21-17/h3-11,13H,12H2,1-2H3,(H,22,24). The number of rotatable bonds is 5. The quantitative estimate of drug-likeness (QED) is 0.765. The molecule has 2 heterocycles. The predicted octanol–water partition coefficient (Wildman–Crippen LogP) is 3.51. The van der Waals surface area contributed by atoms with Gasteiger partial charge in [-0.1, -0.05) is 12.1 Å². The van der Waals surface area contributed by atoms with Gasteiger partial charge in [0.1, 0.15) is 6.26 Å². The van der Waals surface area contributed by atoms with Crippen LogP contribution in [0.4, 0.5) is 5.69 Å². The lowest BCUT2D eigenvalue weighted by atomic mass is 10.1. The van der Waals surface area contributed by atoms with Crippen molar-refractivity contribution in [3.63, 3.8) is 0 Å². The van der Waals surface area contributed by atoms with Gasteiger partial charge >= 0.3 is 0 Å². The number of nitrogens with zero attached hydrogens (tertiary/aromatic N) is 2. The van der Waals surface area contributed by atoms with Gasteiger partial charge in [0.05, 0.1) is 24.1 Å². The zero-order valence-electron chi connectivity index (χ0n) is 14.6. The highest BCUT2D eigenvalue weighted by molar-refractivity contribution is 6.05. The zero-order chi connectivity index (χ0) is 18.5. The molecule has 0 unspecified atom stereocenters. The van der Waals surface area contributed by atoms with Crippen molar-refractivity contribution in [3.05, 3.63) is 83.6 Å². The number of nitrogens with one attached hydrogen (secondary N) is 1. The minimum Gasteiger partial charge on any atom is -0.472 e. The van der Waals surface area contributed by atoms with Gasteiger partial charge in [-0.25, -0.2) is 0 Å². The highest BCUT2D eigenvalue weighted by Crippen LogP contribution is 2.19. The number of benzene rings is 1. The summed E-state index contributed by atoms with van der Waals surface area (Å²) in [6.45, 7) is 2.28. The summed E-state index contributed by atoms with van der Waals surface area (Å²) in [5, 5.41) is 2.81. The molecule has 0 aliphatic carbocycles. The van der Waals surface area contributed by atoms with Crippen LogP contribution in [0.3, 0.4) is 0 Å². The lowest BCUT2D eigenvalue weighted by Crippen LogP contribution is -2.26. The Morgan fingerprint density at radius 3 is 2.69 bits per heavy atom. The van der Waals surface area contributed by atoms with E-state index in [9.17, 15) is 9.59 Å². The fourth-order valence-electron chi connectivity index (χ4n) is 2.50. The highest BCUT2D eigenvalue weighted by atomic mass is 16.3. The van der Waals surface area contributed by atoms with Gasteiger partial charge < -0.3 is 14.6 Å². The molecule has 0 saturated heterocycles. The number of hydrogen-bond acceptors (Lipinski definition) is 4. The Kier molecular flexibility index (Phi) is 5.12. The number of anilines is 1. The Bertz CT molecular complexity index is 905. The summed E-state index contributed by atoms with van der Waals surface area (Å²) < 4.78 is 4.93. The third-order valence-electron chi connectivity index (χ3n) is 3.99. The number of pyridine rings is 1. The average Bonchev–Trinajstić information content (AvgIpc) is 3.18. The molecule has 0 bridgehead atoms. The number of furan rings is 1. The van der Waals surface area contributed by atoms with E-state index in [0.29, 0.717) is 23.4 Å². The van der Waals surface area contributed by atoms with E-state index >= 15 is 0 Å². The third-order valence-corrected chi connectivity index (χ3v) is 3.99. The van der Waals surface area contributed by atoms with Crippen LogP contribution in [-0.4, -0.2) is 28.7 Å². The Labute approximate surface area is 151 Å². The van der Waals surface area contributed by atoms with Crippen molar-refractivity contribution in [1.29, 1.82) is 0 Å². The van der Waals surface area contributed by atoms with Gasteiger partial charge in [-0.3, -0.25) is 14.6 Å². The molecule has 0 fully saturated rings. The van der Waals surface area contributed by atoms with Gasteiger partial charge in [0, 0.05) is 24.5 Å². The molecule has 132 valence electrons. The maximum Gasteiger partial charge on any atom is 0.258 e. The summed E-state index contributed by atoms with van der Waals surface area (Å²) in [5.41, 5.74) is 3.19. The van der Waals surface area contributed by atoms with Gasteiger partial charge in [-0.05, 0) is 42.8 Å². The van der Waals surface area contributed by atoms with Crippen molar-refractivity contribution in [2.75, 3.05) is 12.4 Å². The maximum absolute atomic E-state index is 12.7. The average molecular weight is 349 g/mol. The van der Waals surface area contributed by atoms with Crippen LogP contribution in [0, 0.1) is 6.92 Å². The molecule has 0 aliphatic heterocycles. The summed E-state index contributed by atoms with van der Waals surface area (Å²) in [6.07, 6.45) is 4.51. The summed E-state index contributed by atoms with van der Waals surface area (Å²) >= 11 is 0. The number of carbonyl (C=O) groups is 2. The Balaban J connectivity index is 1.75. The van der Waals surface area contributed by atoms with E-state index < -0.39 is 0 Å². The number of aromatic nitrogens is 1. The Hall–Kier alpha value is -3.41. The van der Waals surface area contributed by atoms with Crippen molar-refractivity contribution in [2.24, 2.45) is 0 Å². The minimum atomic E-state index is -0.284. The summed E-state index contributed by atoms with van der Waals surface area (Å²) in [6, 6.07) is 12.4. The first-order valence-electron chi connectivity index (χ1n) is 8.14. The summed E-state index contributed by atoms with van der Waals surface area (Å²) in [4.78, 5) is 30.7. The molecule has 3 rings (SSSR count). The summed E-state index contributed by atoms with van der Waals surface area (Å²) in [7, 11) is 1.72. The summed E-state index contributed by atoms with van der Waals surface area (Å²) in [5.74, 6) is -0.428. The van der Waals surface area contributed by atoms with Crippen LogP contribution in [0.5, 0.6) is 0 Å². The van der Waals surface area contributed by atoms with Crippen molar-refractivity contribution in [1.82, 2.24) is 9.88 Å². The largest absolute Gasteiger partial charge is 0.472 e. The molecule has 6 heteroatoms. The second-order valence-corrected chi connectivity index (χ2v) is 5.98. The van der Waals surface area contributed by atoms with E-state index in [2.05, 4.69) is 10.3 Å². The van der Waals surface area contributed by atoms with E-state index in [1.54, 1.807) is 36.3 Å². The Morgan fingerprint density at radius 1 is 1.15 bits per heavy atom. The van der Waals surface area contributed by atoms with Gasteiger partial charge in [0.2, 0.25) is 0 Å². The molecular formula is C20H19N3O3. The molecule has 3 aromatic rings. The normalized spacial score (nSPS) is 10.4. The first kappa shape index (κ1) is 17.4.